The van der Waals surface area contributed by atoms with E-state index in [1.165, 1.54) is 173 Å². The molecule has 0 aliphatic heterocycles. The molecule has 1 heteroatoms. The molecule has 0 bridgehead atoms. The molecule has 0 aliphatic rings. The summed E-state index contributed by atoms with van der Waals surface area (Å²) in [6.45, 7) is 2.18. The van der Waals surface area contributed by atoms with Crippen LogP contribution in [0.2, 0.25) is 0 Å². The van der Waals surface area contributed by atoms with Gasteiger partial charge in [0.1, 0.15) is 0 Å². The van der Waals surface area contributed by atoms with Crippen LogP contribution in [0, 0.1) is 0 Å². The number of hydrogen-bond donors (Lipinski definition) is 0. The largest absolute Gasteiger partial charge is 0.251 e. The fourth-order valence-electron chi connectivity index (χ4n) is 4.94. The fraction of sp³-hybridized carbons (Fsp3) is 1.00. The molecule has 0 aromatic carbocycles. The van der Waals surface area contributed by atoms with E-state index in [-0.39, 0.29) is 6.67 Å². The van der Waals surface area contributed by atoms with E-state index in [4.69, 9.17) is 0 Å². The monoisotopic (exact) mass is 454 g/mol. The number of halogens is 1. The normalized spacial score (nSPS) is 11.4. The van der Waals surface area contributed by atoms with Gasteiger partial charge in [-0.3, -0.25) is 4.39 Å². The topological polar surface area (TPSA) is 0 Å². The standard InChI is InChI=1S/C31H63F/c1-2-3-4-5-6-7-8-9-10-11-12-13-14-15-16-17-18-19-20-21-22-23-24-25-26-27-28-29-30-31-32/h2-31H2,1H3. The third-order valence-electron chi connectivity index (χ3n) is 7.24. The van der Waals surface area contributed by atoms with Crippen LogP contribution in [0.25, 0.3) is 0 Å². The Labute approximate surface area is 204 Å². The van der Waals surface area contributed by atoms with Crippen molar-refractivity contribution >= 4 is 0 Å². The van der Waals surface area contributed by atoms with E-state index < -0.39 is 0 Å². The number of unbranched alkanes of at least 4 members (excludes halogenated alkanes) is 28. The first-order chi connectivity index (χ1) is 15.9. The van der Waals surface area contributed by atoms with E-state index in [9.17, 15) is 4.39 Å². The predicted molar refractivity (Wildman–Crippen MR) is 146 cm³/mol. The van der Waals surface area contributed by atoms with E-state index in [0.29, 0.717) is 0 Å². The summed E-state index contributed by atoms with van der Waals surface area (Å²) in [7, 11) is 0. The lowest BCUT2D eigenvalue weighted by Gasteiger charge is -2.04. The molecule has 0 aliphatic carbocycles. The van der Waals surface area contributed by atoms with Crippen LogP contribution in [0.4, 0.5) is 4.39 Å². The molecule has 0 fully saturated rings. The van der Waals surface area contributed by atoms with Gasteiger partial charge in [0.2, 0.25) is 0 Å². The average Bonchev–Trinajstić information content (AvgIpc) is 2.81. The summed E-state index contributed by atoms with van der Waals surface area (Å²) in [5.74, 6) is 0. The van der Waals surface area contributed by atoms with Crippen LogP contribution in [-0.4, -0.2) is 6.67 Å². The molecule has 194 valence electrons. The van der Waals surface area contributed by atoms with E-state index >= 15 is 0 Å². The molecule has 0 amide bonds. The molecule has 0 radical (unpaired) electrons. The van der Waals surface area contributed by atoms with Crippen LogP contribution >= 0.6 is 0 Å². The Morgan fingerprint density at radius 3 is 0.562 bits per heavy atom. The van der Waals surface area contributed by atoms with Crippen molar-refractivity contribution in [3.8, 4) is 0 Å². The lowest BCUT2D eigenvalue weighted by Crippen LogP contribution is -1.85. The maximum atomic E-state index is 12.0. The molecule has 0 N–H and O–H groups in total. The smallest absolute Gasteiger partial charge is 0.0894 e. The quantitative estimate of drug-likeness (QED) is 0.0985. The fourth-order valence-corrected chi connectivity index (χ4v) is 4.94. The molecular weight excluding hydrogens is 391 g/mol. The van der Waals surface area contributed by atoms with Crippen molar-refractivity contribution < 1.29 is 4.39 Å². The molecule has 0 aromatic rings. The minimum absolute atomic E-state index is 0.126. The zero-order chi connectivity index (χ0) is 23.2. The summed E-state index contributed by atoms with van der Waals surface area (Å²) in [6, 6.07) is 0. The first-order valence-corrected chi connectivity index (χ1v) is 15.5. The van der Waals surface area contributed by atoms with Crippen LogP contribution in [0.3, 0.4) is 0 Å². The lowest BCUT2D eigenvalue weighted by atomic mass is 10.0. The van der Waals surface area contributed by atoms with Gasteiger partial charge in [-0.05, 0) is 6.42 Å². The summed E-state index contributed by atoms with van der Waals surface area (Å²) in [4.78, 5) is 0. The van der Waals surface area contributed by atoms with E-state index in [1.807, 2.05) is 0 Å². The summed E-state index contributed by atoms with van der Waals surface area (Å²) >= 11 is 0. The molecular formula is C31H63F. The van der Waals surface area contributed by atoms with Gasteiger partial charge in [0.05, 0.1) is 6.67 Å². The number of hydrogen-bond acceptors (Lipinski definition) is 0. The van der Waals surface area contributed by atoms with Crippen LogP contribution < -0.4 is 0 Å². The molecule has 0 rings (SSSR count). The van der Waals surface area contributed by atoms with Crippen molar-refractivity contribution in [2.24, 2.45) is 0 Å². The van der Waals surface area contributed by atoms with Gasteiger partial charge in [-0.15, -0.1) is 0 Å². The van der Waals surface area contributed by atoms with Crippen LogP contribution in [0.15, 0.2) is 0 Å². The third kappa shape index (κ3) is 29.9. The minimum Gasteiger partial charge on any atom is -0.251 e. The van der Waals surface area contributed by atoms with Crippen LogP contribution in [0.1, 0.15) is 193 Å². The van der Waals surface area contributed by atoms with Crippen molar-refractivity contribution in [1.82, 2.24) is 0 Å². The van der Waals surface area contributed by atoms with Crippen molar-refractivity contribution in [2.75, 3.05) is 6.67 Å². The number of rotatable bonds is 29. The van der Waals surface area contributed by atoms with Crippen LogP contribution in [-0.2, 0) is 0 Å². The van der Waals surface area contributed by atoms with Gasteiger partial charge >= 0.3 is 0 Å². The molecule has 0 heterocycles. The molecule has 0 nitrogen and oxygen atoms in total. The van der Waals surface area contributed by atoms with Crippen molar-refractivity contribution in [3.05, 3.63) is 0 Å². The van der Waals surface area contributed by atoms with Gasteiger partial charge in [-0.2, -0.15) is 0 Å². The maximum absolute atomic E-state index is 12.0. The zero-order valence-electron chi connectivity index (χ0n) is 22.6. The van der Waals surface area contributed by atoms with Crippen molar-refractivity contribution in [3.63, 3.8) is 0 Å². The average molecular weight is 455 g/mol. The van der Waals surface area contributed by atoms with Gasteiger partial charge in [-0.1, -0.05) is 187 Å². The van der Waals surface area contributed by atoms with Gasteiger partial charge in [0, 0.05) is 0 Å². The van der Waals surface area contributed by atoms with E-state index in [0.717, 1.165) is 12.8 Å². The van der Waals surface area contributed by atoms with E-state index in [2.05, 4.69) is 6.92 Å². The van der Waals surface area contributed by atoms with Crippen molar-refractivity contribution in [1.29, 1.82) is 0 Å². The van der Waals surface area contributed by atoms with Gasteiger partial charge in [0.15, 0.2) is 0 Å². The highest BCUT2D eigenvalue weighted by molar-refractivity contribution is 4.52. The lowest BCUT2D eigenvalue weighted by molar-refractivity contribution is 0.448. The zero-order valence-corrected chi connectivity index (χ0v) is 22.6. The molecule has 0 saturated heterocycles. The van der Waals surface area contributed by atoms with Gasteiger partial charge < -0.3 is 0 Å². The Kier molecular flexibility index (Phi) is 30.9. The molecule has 0 aromatic heterocycles. The summed E-state index contributed by atoms with van der Waals surface area (Å²) in [5, 5.41) is 0. The Morgan fingerprint density at radius 1 is 0.250 bits per heavy atom. The van der Waals surface area contributed by atoms with Gasteiger partial charge in [0.25, 0.3) is 0 Å². The van der Waals surface area contributed by atoms with Gasteiger partial charge in [-0.25, -0.2) is 0 Å². The minimum atomic E-state index is -0.126. The maximum Gasteiger partial charge on any atom is 0.0894 e. The predicted octanol–water partition coefficient (Wildman–Crippen LogP) is 12.3. The van der Waals surface area contributed by atoms with Crippen molar-refractivity contribution in [2.45, 2.75) is 193 Å². The second-order valence-corrected chi connectivity index (χ2v) is 10.6. The summed E-state index contributed by atoms with van der Waals surface area (Å²) < 4.78 is 12.0. The third-order valence-corrected chi connectivity index (χ3v) is 7.24. The first-order valence-electron chi connectivity index (χ1n) is 15.5. The van der Waals surface area contributed by atoms with E-state index in [1.54, 1.807) is 0 Å². The van der Waals surface area contributed by atoms with Crippen LogP contribution in [0.5, 0.6) is 0 Å². The number of alkyl halides is 1. The molecule has 0 unspecified atom stereocenters. The Bertz CT molecular complexity index is 271. The molecule has 0 spiro atoms. The first kappa shape index (κ1) is 31.9. The Balaban J connectivity index is 2.98. The summed E-state index contributed by atoms with van der Waals surface area (Å²) in [6.07, 6.45) is 40.8. The highest BCUT2D eigenvalue weighted by Gasteiger charge is 1.96. The molecule has 0 atom stereocenters. The second kappa shape index (κ2) is 30.9. The molecule has 0 saturated carbocycles. The highest BCUT2D eigenvalue weighted by atomic mass is 19.1. The Hall–Kier alpha value is -0.0700. The second-order valence-electron chi connectivity index (χ2n) is 10.6. The highest BCUT2D eigenvalue weighted by Crippen LogP contribution is 2.16. The Morgan fingerprint density at radius 2 is 0.406 bits per heavy atom. The summed E-state index contributed by atoms with van der Waals surface area (Å²) in [5.41, 5.74) is 0. The molecule has 32 heavy (non-hydrogen) atoms. The SMILES string of the molecule is CCCCCCCCCCCCCCCCCCCCCCCCCCCCCCCF.